The van der Waals surface area contributed by atoms with E-state index in [1.807, 2.05) is 12.1 Å². The molecule has 128 valence electrons. The van der Waals surface area contributed by atoms with E-state index in [9.17, 15) is 9.90 Å². The molecule has 1 amide bonds. The van der Waals surface area contributed by atoms with Crippen LogP contribution in [0.4, 0.5) is 0 Å². The van der Waals surface area contributed by atoms with E-state index in [1.54, 1.807) is 30.2 Å². The van der Waals surface area contributed by atoms with Gasteiger partial charge in [0.2, 0.25) is 0 Å². The molecule has 2 heterocycles. The molecule has 5 nitrogen and oxygen atoms in total. The van der Waals surface area contributed by atoms with Crippen molar-refractivity contribution < 1.29 is 14.6 Å². The number of hydrogen-bond acceptors (Lipinski definition) is 4. The fourth-order valence-electron chi connectivity index (χ4n) is 3.09. The lowest BCUT2D eigenvalue weighted by Crippen LogP contribution is -2.44. The van der Waals surface area contributed by atoms with Gasteiger partial charge < -0.3 is 14.7 Å². The van der Waals surface area contributed by atoms with E-state index in [0.717, 1.165) is 18.2 Å². The van der Waals surface area contributed by atoms with Crippen LogP contribution in [0.1, 0.15) is 19.8 Å². The lowest BCUT2D eigenvalue weighted by atomic mass is 9.93. The first kappa shape index (κ1) is 17.0. The molecule has 1 aromatic carbocycles. The molecule has 1 aromatic heterocycles. The van der Waals surface area contributed by atoms with Gasteiger partial charge in [0.25, 0.3) is 5.91 Å². The number of amides is 1. The number of halogens is 1. The van der Waals surface area contributed by atoms with Gasteiger partial charge in [-0.25, -0.2) is 0 Å². The van der Waals surface area contributed by atoms with E-state index < -0.39 is 6.10 Å². The number of carbonyl (C=O) groups is 1. The maximum atomic E-state index is 12.4. The number of carbonyl (C=O) groups excluding carboxylic acids is 1. The summed E-state index contributed by atoms with van der Waals surface area (Å²) in [6, 6.07) is 7.17. The number of piperidine rings is 1. The highest BCUT2D eigenvalue weighted by atomic mass is 35.5. The molecular formula is C18H21ClN2O3. The second-order valence-electron chi connectivity index (χ2n) is 6.22. The minimum absolute atomic E-state index is 0.0418. The summed E-state index contributed by atoms with van der Waals surface area (Å²) in [5.41, 5.74) is 0.651. The maximum absolute atomic E-state index is 12.4. The van der Waals surface area contributed by atoms with Crippen LogP contribution in [0, 0.1) is 5.92 Å². The molecule has 1 fully saturated rings. The zero-order valence-electron chi connectivity index (χ0n) is 13.6. The molecule has 24 heavy (non-hydrogen) atoms. The molecule has 2 unspecified atom stereocenters. The zero-order chi connectivity index (χ0) is 17.1. The van der Waals surface area contributed by atoms with Crippen LogP contribution in [0.25, 0.3) is 10.9 Å². The summed E-state index contributed by atoms with van der Waals surface area (Å²) >= 11 is 6.16. The van der Waals surface area contributed by atoms with E-state index in [1.165, 1.54) is 0 Å². The van der Waals surface area contributed by atoms with Crippen molar-refractivity contribution in [3.8, 4) is 5.75 Å². The Morgan fingerprint density at radius 2 is 2.33 bits per heavy atom. The number of fused-ring (bicyclic) bond motifs is 1. The molecular weight excluding hydrogens is 328 g/mol. The number of aliphatic hydroxyl groups is 1. The number of nitrogens with zero attached hydrogens (tertiary/aromatic N) is 2. The highest BCUT2D eigenvalue weighted by Gasteiger charge is 2.26. The molecule has 0 bridgehead atoms. The molecule has 1 saturated heterocycles. The van der Waals surface area contributed by atoms with Crippen molar-refractivity contribution >= 4 is 28.4 Å². The first-order chi connectivity index (χ1) is 11.6. The number of rotatable bonds is 4. The molecule has 3 rings (SSSR count). The number of likely N-dealkylation sites (tertiary alicyclic amines) is 1. The Kier molecular flexibility index (Phi) is 5.21. The minimum Gasteiger partial charge on any atom is -0.481 e. The predicted molar refractivity (Wildman–Crippen MR) is 93.2 cm³/mol. The Balaban J connectivity index is 1.68. The number of hydrogen-bond donors (Lipinski definition) is 1. The minimum atomic E-state index is -0.397. The van der Waals surface area contributed by atoms with Crippen LogP contribution in [-0.2, 0) is 4.79 Å². The Hall–Kier alpha value is -1.85. The number of ether oxygens (including phenoxy) is 1. The summed E-state index contributed by atoms with van der Waals surface area (Å²) in [6.07, 6.45) is 3.14. The van der Waals surface area contributed by atoms with Crippen molar-refractivity contribution in [3.63, 3.8) is 0 Å². The summed E-state index contributed by atoms with van der Waals surface area (Å²) in [7, 11) is 0. The molecule has 0 spiro atoms. The Morgan fingerprint density at radius 1 is 1.50 bits per heavy atom. The standard InChI is InChI=1S/C18H21ClN2O3/c1-12(22)13-4-3-9-21(10-13)17(23)11-24-16-7-6-15(19)14-5-2-8-20-18(14)16/h2,5-8,12-13,22H,3-4,9-11H2,1H3. The molecule has 0 radical (unpaired) electrons. The molecule has 6 heteroatoms. The maximum Gasteiger partial charge on any atom is 0.260 e. The van der Waals surface area contributed by atoms with E-state index in [0.29, 0.717) is 29.4 Å². The third-order valence-electron chi connectivity index (χ3n) is 4.52. The van der Waals surface area contributed by atoms with Crippen molar-refractivity contribution in [2.45, 2.75) is 25.9 Å². The van der Waals surface area contributed by atoms with Gasteiger partial charge in [0, 0.05) is 30.6 Å². The average Bonchev–Trinajstić information content (AvgIpc) is 2.61. The third kappa shape index (κ3) is 3.62. The topological polar surface area (TPSA) is 62.7 Å². The summed E-state index contributed by atoms with van der Waals surface area (Å²) in [5, 5.41) is 11.1. The van der Waals surface area contributed by atoms with E-state index in [2.05, 4.69) is 4.98 Å². The van der Waals surface area contributed by atoms with Crippen LogP contribution in [0.2, 0.25) is 5.02 Å². The van der Waals surface area contributed by atoms with Gasteiger partial charge in [0.1, 0.15) is 11.3 Å². The van der Waals surface area contributed by atoms with Gasteiger partial charge in [0.15, 0.2) is 6.61 Å². The molecule has 0 saturated carbocycles. The SMILES string of the molecule is CC(O)C1CCCN(C(=O)COc2ccc(Cl)c3cccnc23)C1. The molecule has 1 aliphatic heterocycles. The summed E-state index contributed by atoms with van der Waals surface area (Å²) in [5.74, 6) is 0.618. The first-order valence-corrected chi connectivity index (χ1v) is 8.56. The van der Waals surface area contributed by atoms with Crippen LogP contribution in [0.5, 0.6) is 5.75 Å². The van der Waals surface area contributed by atoms with Crippen LogP contribution in [-0.4, -0.2) is 46.7 Å². The van der Waals surface area contributed by atoms with Gasteiger partial charge >= 0.3 is 0 Å². The zero-order valence-corrected chi connectivity index (χ0v) is 14.4. The van der Waals surface area contributed by atoms with Gasteiger partial charge in [0.05, 0.1) is 11.1 Å². The first-order valence-electron chi connectivity index (χ1n) is 8.18. The molecule has 1 aliphatic rings. The monoisotopic (exact) mass is 348 g/mol. The Morgan fingerprint density at radius 3 is 3.12 bits per heavy atom. The van der Waals surface area contributed by atoms with Gasteiger partial charge in [-0.05, 0) is 44.0 Å². The second-order valence-corrected chi connectivity index (χ2v) is 6.62. The summed E-state index contributed by atoms with van der Waals surface area (Å²) in [4.78, 5) is 18.5. The smallest absolute Gasteiger partial charge is 0.260 e. The third-order valence-corrected chi connectivity index (χ3v) is 4.85. The normalized spacial score (nSPS) is 19.3. The number of aliphatic hydroxyl groups excluding tert-OH is 1. The summed E-state index contributed by atoms with van der Waals surface area (Å²) < 4.78 is 5.71. The second kappa shape index (κ2) is 7.36. The Bertz CT molecular complexity index is 735. The quantitative estimate of drug-likeness (QED) is 0.922. The summed E-state index contributed by atoms with van der Waals surface area (Å²) in [6.45, 7) is 3.03. The van der Waals surface area contributed by atoms with Gasteiger partial charge in [-0.2, -0.15) is 0 Å². The van der Waals surface area contributed by atoms with Crippen LogP contribution < -0.4 is 4.74 Å². The van der Waals surface area contributed by atoms with Gasteiger partial charge in [-0.15, -0.1) is 0 Å². The van der Waals surface area contributed by atoms with Crippen molar-refractivity contribution in [1.82, 2.24) is 9.88 Å². The van der Waals surface area contributed by atoms with Crippen LogP contribution >= 0.6 is 11.6 Å². The fraction of sp³-hybridized carbons (Fsp3) is 0.444. The largest absolute Gasteiger partial charge is 0.481 e. The predicted octanol–water partition coefficient (Wildman–Crippen LogP) is 2.89. The number of aromatic nitrogens is 1. The molecule has 2 aromatic rings. The van der Waals surface area contributed by atoms with E-state index in [-0.39, 0.29) is 18.4 Å². The highest BCUT2D eigenvalue weighted by molar-refractivity contribution is 6.35. The lowest BCUT2D eigenvalue weighted by Gasteiger charge is -2.34. The van der Waals surface area contributed by atoms with Crippen molar-refractivity contribution in [1.29, 1.82) is 0 Å². The van der Waals surface area contributed by atoms with Gasteiger partial charge in [-0.3, -0.25) is 9.78 Å². The Labute approximate surface area is 146 Å². The van der Waals surface area contributed by atoms with E-state index in [4.69, 9.17) is 16.3 Å². The number of benzene rings is 1. The van der Waals surface area contributed by atoms with Gasteiger partial charge in [-0.1, -0.05) is 11.6 Å². The van der Waals surface area contributed by atoms with Crippen molar-refractivity contribution in [2.75, 3.05) is 19.7 Å². The fourth-order valence-corrected chi connectivity index (χ4v) is 3.30. The lowest BCUT2D eigenvalue weighted by molar-refractivity contribution is -0.135. The molecule has 2 atom stereocenters. The van der Waals surface area contributed by atoms with E-state index >= 15 is 0 Å². The molecule has 0 aliphatic carbocycles. The van der Waals surface area contributed by atoms with Crippen molar-refractivity contribution in [2.24, 2.45) is 5.92 Å². The average molecular weight is 349 g/mol. The molecule has 1 N–H and O–H groups in total. The number of pyridine rings is 1. The highest BCUT2D eigenvalue weighted by Crippen LogP contribution is 2.29. The van der Waals surface area contributed by atoms with Crippen LogP contribution in [0.15, 0.2) is 30.5 Å². The van der Waals surface area contributed by atoms with Crippen molar-refractivity contribution in [3.05, 3.63) is 35.5 Å². The van der Waals surface area contributed by atoms with Crippen LogP contribution in [0.3, 0.4) is 0 Å².